The highest BCUT2D eigenvalue weighted by molar-refractivity contribution is 5.82. The minimum atomic E-state index is -0.679. The summed E-state index contributed by atoms with van der Waals surface area (Å²) in [5.74, 6) is 0.142. The maximum absolute atomic E-state index is 12.6. The molecule has 0 aromatic heterocycles. The molecule has 1 aliphatic carbocycles. The smallest absolute Gasteiger partial charge is 0.238 e. The van der Waals surface area contributed by atoms with Crippen molar-refractivity contribution in [1.82, 2.24) is 15.5 Å². The number of rotatable bonds is 6. The molecule has 6 nitrogen and oxygen atoms in total. The summed E-state index contributed by atoms with van der Waals surface area (Å²) < 4.78 is 0. The van der Waals surface area contributed by atoms with Gasteiger partial charge < -0.3 is 10.6 Å². The van der Waals surface area contributed by atoms with Gasteiger partial charge in [-0.3, -0.25) is 14.5 Å². The Labute approximate surface area is 151 Å². The summed E-state index contributed by atoms with van der Waals surface area (Å²) in [7, 11) is 0. The van der Waals surface area contributed by atoms with E-state index in [1.54, 1.807) is 0 Å². The Morgan fingerprint density at radius 1 is 1.24 bits per heavy atom. The second-order valence-corrected chi connectivity index (χ2v) is 7.52. The average molecular weight is 348 g/mol. The molecule has 0 aromatic carbocycles. The van der Waals surface area contributed by atoms with Gasteiger partial charge in [-0.2, -0.15) is 5.26 Å². The fourth-order valence-electron chi connectivity index (χ4n) is 3.87. The normalized spacial score (nSPS) is 22.6. The summed E-state index contributed by atoms with van der Waals surface area (Å²) >= 11 is 0. The fourth-order valence-corrected chi connectivity index (χ4v) is 3.87. The molecule has 25 heavy (non-hydrogen) atoms. The maximum Gasteiger partial charge on any atom is 0.238 e. The standard InChI is InChI=1S/C19H32N4O2/c1-3-11-21-18(25)16-7-12-23(13-8-16)15(2)17(24)22-19(14-20)9-5-4-6-10-19/h15-16H,3-13H2,1-2H3,(H,21,25)(H,22,24). The van der Waals surface area contributed by atoms with E-state index < -0.39 is 5.54 Å². The molecule has 0 radical (unpaired) electrons. The lowest BCUT2D eigenvalue weighted by molar-refractivity contribution is -0.129. The van der Waals surface area contributed by atoms with Gasteiger partial charge in [-0.05, 0) is 52.1 Å². The van der Waals surface area contributed by atoms with Crippen LogP contribution in [0.5, 0.6) is 0 Å². The third-order valence-electron chi connectivity index (χ3n) is 5.66. The van der Waals surface area contributed by atoms with Crippen LogP contribution in [0.15, 0.2) is 0 Å². The summed E-state index contributed by atoms with van der Waals surface area (Å²) in [4.78, 5) is 26.8. The lowest BCUT2D eigenvalue weighted by Gasteiger charge is -2.37. The van der Waals surface area contributed by atoms with Crippen LogP contribution in [0.4, 0.5) is 0 Å². The molecule has 1 atom stereocenters. The zero-order valence-corrected chi connectivity index (χ0v) is 15.6. The molecule has 6 heteroatoms. The maximum atomic E-state index is 12.6. The summed E-state index contributed by atoms with van der Waals surface area (Å²) in [5.41, 5.74) is -0.679. The highest BCUT2D eigenvalue weighted by atomic mass is 16.2. The first kappa shape index (κ1) is 19.7. The van der Waals surface area contributed by atoms with Gasteiger partial charge in [0, 0.05) is 12.5 Å². The fraction of sp³-hybridized carbons (Fsp3) is 0.842. The second kappa shape index (κ2) is 9.19. The van der Waals surface area contributed by atoms with E-state index in [0.717, 1.165) is 71.0 Å². The van der Waals surface area contributed by atoms with Crippen molar-refractivity contribution in [1.29, 1.82) is 5.26 Å². The first-order valence-electron chi connectivity index (χ1n) is 9.76. The van der Waals surface area contributed by atoms with Crippen LogP contribution in [-0.2, 0) is 9.59 Å². The van der Waals surface area contributed by atoms with Crippen molar-refractivity contribution in [3.63, 3.8) is 0 Å². The molecule has 2 N–H and O–H groups in total. The van der Waals surface area contributed by atoms with Crippen LogP contribution in [0.2, 0.25) is 0 Å². The van der Waals surface area contributed by atoms with Crippen LogP contribution in [0.25, 0.3) is 0 Å². The highest BCUT2D eigenvalue weighted by Gasteiger charge is 2.36. The van der Waals surface area contributed by atoms with Gasteiger partial charge in [-0.1, -0.05) is 26.2 Å². The van der Waals surface area contributed by atoms with E-state index >= 15 is 0 Å². The third-order valence-corrected chi connectivity index (χ3v) is 5.66. The molecule has 2 aliphatic rings. The van der Waals surface area contributed by atoms with Crippen molar-refractivity contribution < 1.29 is 9.59 Å². The predicted octanol–water partition coefficient (Wildman–Crippen LogP) is 1.96. The van der Waals surface area contributed by atoms with Crippen LogP contribution in [0.3, 0.4) is 0 Å². The van der Waals surface area contributed by atoms with Crippen LogP contribution in [-0.4, -0.2) is 47.9 Å². The van der Waals surface area contributed by atoms with Crippen molar-refractivity contribution in [2.75, 3.05) is 19.6 Å². The van der Waals surface area contributed by atoms with Crippen LogP contribution < -0.4 is 10.6 Å². The van der Waals surface area contributed by atoms with E-state index in [0.29, 0.717) is 0 Å². The van der Waals surface area contributed by atoms with Crippen LogP contribution in [0.1, 0.15) is 65.2 Å². The number of carbonyl (C=O) groups is 2. The molecule has 1 saturated carbocycles. The van der Waals surface area contributed by atoms with Gasteiger partial charge in [0.05, 0.1) is 12.1 Å². The topological polar surface area (TPSA) is 85.2 Å². The number of amides is 2. The largest absolute Gasteiger partial charge is 0.356 e. The molecule has 1 heterocycles. The Balaban J connectivity index is 1.83. The monoisotopic (exact) mass is 348 g/mol. The molecule has 2 fully saturated rings. The summed E-state index contributed by atoms with van der Waals surface area (Å²) in [6.07, 6.45) is 7.17. The molecular weight excluding hydrogens is 316 g/mol. The van der Waals surface area contributed by atoms with E-state index in [1.165, 1.54) is 0 Å². The van der Waals surface area contributed by atoms with E-state index in [1.807, 2.05) is 13.8 Å². The van der Waals surface area contributed by atoms with Gasteiger partial charge in [0.1, 0.15) is 5.54 Å². The Morgan fingerprint density at radius 3 is 2.44 bits per heavy atom. The minimum absolute atomic E-state index is 0.0573. The lowest BCUT2D eigenvalue weighted by atomic mass is 9.82. The molecule has 140 valence electrons. The number of nitrogens with one attached hydrogen (secondary N) is 2. The van der Waals surface area contributed by atoms with Gasteiger partial charge >= 0.3 is 0 Å². The van der Waals surface area contributed by atoms with Crippen molar-refractivity contribution in [2.24, 2.45) is 5.92 Å². The number of hydrogen-bond acceptors (Lipinski definition) is 4. The summed E-state index contributed by atoms with van der Waals surface area (Å²) in [5, 5.41) is 15.5. The average Bonchev–Trinajstić information content (AvgIpc) is 2.66. The molecule has 0 spiro atoms. The molecular formula is C19H32N4O2. The quantitative estimate of drug-likeness (QED) is 0.768. The van der Waals surface area contributed by atoms with Crippen molar-refractivity contribution in [3.8, 4) is 6.07 Å². The van der Waals surface area contributed by atoms with E-state index in [9.17, 15) is 14.9 Å². The van der Waals surface area contributed by atoms with Crippen molar-refractivity contribution >= 4 is 11.8 Å². The van der Waals surface area contributed by atoms with E-state index in [-0.39, 0.29) is 23.8 Å². The Bertz CT molecular complexity index is 500. The number of nitriles is 1. The zero-order chi connectivity index (χ0) is 18.3. The minimum Gasteiger partial charge on any atom is -0.356 e. The SMILES string of the molecule is CCCNC(=O)C1CCN(C(C)C(=O)NC2(C#N)CCCCC2)CC1. The Hall–Kier alpha value is -1.61. The van der Waals surface area contributed by atoms with E-state index in [2.05, 4.69) is 21.6 Å². The zero-order valence-electron chi connectivity index (χ0n) is 15.6. The number of carbonyl (C=O) groups excluding carboxylic acids is 2. The summed E-state index contributed by atoms with van der Waals surface area (Å²) in [6.45, 7) is 6.18. The lowest BCUT2D eigenvalue weighted by Crippen LogP contribution is -2.56. The van der Waals surface area contributed by atoms with Gasteiger partial charge in [-0.25, -0.2) is 0 Å². The van der Waals surface area contributed by atoms with E-state index in [4.69, 9.17) is 0 Å². The highest BCUT2D eigenvalue weighted by Crippen LogP contribution is 2.28. The number of likely N-dealkylation sites (tertiary alicyclic amines) is 1. The molecule has 0 bridgehead atoms. The molecule has 1 saturated heterocycles. The number of piperidine rings is 1. The molecule has 1 unspecified atom stereocenters. The second-order valence-electron chi connectivity index (χ2n) is 7.52. The first-order chi connectivity index (χ1) is 12.0. The Morgan fingerprint density at radius 2 is 1.88 bits per heavy atom. The number of nitrogens with zero attached hydrogens (tertiary/aromatic N) is 2. The predicted molar refractivity (Wildman–Crippen MR) is 96.6 cm³/mol. The van der Waals surface area contributed by atoms with Crippen molar-refractivity contribution in [2.45, 2.75) is 76.8 Å². The molecule has 1 aliphatic heterocycles. The number of hydrogen-bond donors (Lipinski definition) is 2. The van der Waals surface area contributed by atoms with Gasteiger partial charge in [0.2, 0.25) is 11.8 Å². The van der Waals surface area contributed by atoms with Crippen LogP contribution in [0, 0.1) is 17.2 Å². The Kier molecular flexibility index (Phi) is 7.24. The molecule has 2 rings (SSSR count). The molecule has 2 amide bonds. The molecule has 0 aromatic rings. The van der Waals surface area contributed by atoms with Crippen molar-refractivity contribution in [3.05, 3.63) is 0 Å². The third kappa shape index (κ3) is 5.18. The van der Waals surface area contributed by atoms with Crippen LogP contribution >= 0.6 is 0 Å². The first-order valence-corrected chi connectivity index (χ1v) is 9.76. The van der Waals surface area contributed by atoms with Gasteiger partial charge in [0.25, 0.3) is 0 Å². The van der Waals surface area contributed by atoms with Gasteiger partial charge in [-0.15, -0.1) is 0 Å². The summed E-state index contributed by atoms with van der Waals surface area (Å²) in [6, 6.07) is 2.09. The van der Waals surface area contributed by atoms with Gasteiger partial charge in [0.15, 0.2) is 0 Å².